The maximum absolute atomic E-state index is 10.3. The molecule has 2 aromatic heterocycles. The summed E-state index contributed by atoms with van der Waals surface area (Å²) in [6, 6.07) is 1.75. The van der Waals surface area contributed by atoms with Crippen LogP contribution in [0.15, 0.2) is 12.3 Å². The zero-order valence-corrected chi connectivity index (χ0v) is 14.8. The van der Waals surface area contributed by atoms with E-state index in [2.05, 4.69) is 26.4 Å². The van der Waals surface area contributed by atoms with Gasteiger partial charge in [0.1, 0.15) is 17.1 Å². The van der Waals surface area contributed by atoms with Crippen molar-refractivity contribution in [3.05, 3.63) is 29.0 Å². The molecule has 0 aliphatic heterocycles. The fourth-order valence-electron chi connectivity index (χ4n) is 3.97. The Morgan fingerprint density at radius 3 is 2.58 bits per heavy atom. The van der Waals surface area contributed by atoms with E-state index in [1.807, 2.05) is 6.92 Å². The van der Waals surface area contributed by atoms with Crippen molar-refractivity contribution in [1.82, 2.24) is 15.2 Å². The first-order valence-corrected chi connectivity index (χ1v) is 9.00. The molecule has 0 unspecified atom stereocenters. The van der Waals surface area contributed by atoms with Gasteiger partial charge in [0, 0.05) is 23.4 Å². The molecule has 1 saturated carbocycles. The van der Waals surface area contributed by atoms with Crippen molar-refractivity contribution in [2.75, 3.05) is 5.32 Å². The van der Waals surface area contributed by atoms with Gasteiger partial charge in [-0.2, -0.15) is 0 Å². The predicted molar refractivity (Wildman–Crippen MR) is 98.8 cm³/mol. The van der Waals surface area contributed by atoms with Crippen molar-refractivity contribution in [1.29, 1.82) is 0 Å². The van der Waals surface area contributed by atoms with Crippen molar-refractivity contribution in [2.45, 2.75) is 57.1 Å². The van der Waals surface area contributed by atoms with E-state index in [4.69, 9.17) is 6.42 Å². The van der Waals surface area contributed by atoms with Gasteiger partial charge in [-0.05, 0) is 57.1 Å². The molecule has 0 spiro atoms. The van der Waals surface area contributed by atoms with Crippen LogP contribution in [0, 0.1) is 12.3 Å². The van der Waals surface area contributed by atoms with E-state index >= 15 is 0 Å². The molecular formula is C20H22N4O2. The Balaban J connectivity index is 1.70. The Hall–Kier alpha value is -2.65. The number of rotatable bonds is 3. The molecule has 0 atom stereocenters. The van der Waals surface area contributed by atoms with Crippen molar-refractivity contribution in [2.24, 2.45) is 0 Å². The second-order valence-electron chi connectivity index (χ2n) is 7.54. The van der Waals surface area contributed by atoms with Crippen LogP contribution in [-0.4, -0.2) is 37.0 Å². The third-order valence-corrected chi connectivity index (χ3v) is 5.26. The number of terminal acetylenes is 1. The molecule has 0 bridgehead atoms. The monoisotopic (exact) mass is 350 g/mol. The van der Waals surface area contributed by atoms with Gasteiger partial charge in [0.15, 0.2) is 5.82 Å². The van der Waals surface area contributed by atoms with Gasteiger partial charge in [0.25, 0.3) is 0 Å². The van der Waals surface area contributed by atoms with Crippen LogP contribution in [0.2, 0.25) is 0 Å². The van der Waals surface area contributed by atoms with Crippen molar-refractivity contribution in [3.63, 3.8) is 0 Å². The number of nitrogens with one attached hydrogen (secondary N) is 1. The molecule has 26 heavy (non-hydrogen) atoms. The zero-order chi connectivity index (χ0) is 18.3. The van der Waals surface area contributed by atoms with Gasteiger partial charge in [-0.1, -0.05) is 5.92 Å². The Morgan fingerprint density at radius 2 is 1.92 bits per heavy atom. The van der Waals surface area contributed by atoms with Gasteiger partial charge < -0.3 is 15.5 Å². The third-order valence-electron chi connectivity index (χ3n) is 5.26. The summed E-state index contributed by atoms with van der Waals surface area (Å²) in [5.41, 5.74) is 3.24. The molecule has 134 valence electrons. The molecule has 2 aromatic rings. The highest BCUT2D eigenvalue weighted by Crippen LogP contribution is 2.38. The summed E-state index contributed by atoms with van der Waals surface area (Å²) in [6.45, 7) is 1.85. The van der Waals surface area contributed by atoms with Crippen molar-refractivity contribution < 1.29 is 10.2 Å². The molecule has 0 radical (unpaired) electrons. The Kier molecular flexibility index (Phi) is 4.04. The van der Waals surface area contributed by atoms with Crippen molar-refractivity contribution >= 4 is 5.82 Å². The zero-order valence-electron chi connectivity index (χ0n) is 14.8. The molecule has 4 rings (SSSR count). The lowest BCUT2D eigenvalue weighted by atomic mass is 9.77. The lowest BCUT2D eigenvalue weighted by Crippen LogP contribution is -2.48. The van der Waals surface area contributed by atoms with Crippen LogP contribution in [0.3, 0.4) is 0 Å². The summed E-state index contributed by atoms with van der Waals surface area (Å²) in [7, 11) is 0. The summed E-state index contributed by atoms with van der Waals surface area (Å²) in [5, 5.41) is 32.5. The smallest absolute Gasteiger partial charge is 0.152 e. The quantitative estimate of drug-likeness (QED) is 0.737. The second kappa shape index (κ2) is 6.26. The lowest BCUT2D eigenvalue weighted by molar-refractivity contribution is -0.0235. The maximum Gasteiger partial charge on any atom is 0.152 e. The first kappa shape index (κ1) is 16.8. The largest absolute Gasteiger partial charge is 0.506 e. The maximum atomic E-state index is 10.3. The summed E-state index contributed by atoms with van der Waals surface area (Å²) >= 11 is 0. The molecule has 0 aromatic carbocycles. The average molecular weight is 350 g/mol. The van der Waals surface area contributed by atoms with Crippen molar-refractivity contribution in [3.8, 4) is 29.5 Å². The minimum Gasteiger partial charge on any atom is -0.506 e. The van der Waals surface area contributed by atoms with E-state index in [9.17, 15) is 10.2 Å². The summed E-state index contributed by atoms with van der Waals surface area (Å²) in [6.07, 6.45) is 12.3. The van der Waals surface area contributed by atoms with Crippen LogP contribution in [0.4, 0.5) is 5.82 Å². The van der Waals surface area contributed by atoms with Gasteiger partial charge in [0.05, 0.1) is 5.60 Å². The number of pyridine rings is 1. The topological polar surface area (TPSA) is 91.2 Å². The highest BCUT2D eigenvalue weighted by molar-refractivity contribution is 5.70. The van der Waals surface area contributed by atoms with Gasteiger partial charge in [-0.25, -0.2) is 4.98 Å². The van der Waals surface area contributed by atoms with Crippen LogP contribution in [0.25, 0.3) is 11.4 Å². The Labute approximate surface area is 152 Å². The van der Waals surface area contributed by atoms with Crippen LogP contribution < -0.4 is 5.32 Å². The Morgan fingerprint density at radius 1 is 1.19 bits per heavy atom. The number of nitrogens with zero attached hydrogens (tertiary/aromatic N) is 3. The van der Waals surface area contributed by atoms with E-state index in [1.165, 1.54) is 6.07 Å². The van der Waals surface area contributed by atoms with E-state index in [0.717, 1.165) is 42.6 Å². The second-order valence-corrected chi connectivity index (χ2v) is 7.54. The summed E-state index contributed by atoms with van der Waals surface area (Å²) in [4.78, 5) is 4.32. The number of anilines is 1. The molecule has 2 aliphatic carbocycles. The molecule has 0 amide bonds. The van der Waals surface area contributed by atoms with E-state index in [-0.39, 0.29) is 11.8 Å². The van der Waals surface area contributed by atoms with Crippen LogP contribution in [0.5, 0.6) is 5.75 Å². The first-order valence-electron chi connectivity index (χ1n) is 9.00. The number of aromatic hydroxyl groups is 1. The van der Waals surface area contributed by atoms with E-state index < -0.39 is 5.60 Å². The summed E-state index contributed by atoms with van der Waals surface area (Å²) < 4.78 is 0. The molecule has 2 heterocycles. The molecule has 1 fully saturated rings. The number of hydrogen-bond donors (Lipinski definition) is 3. The molecule has 3 N–H and O–H groups in total. The van der Waals surface area contributed by atoms with E-state index in [0.29, 0.717) is 29.8 Å². The first-order chi connectivity index (χ1) is 12.5. The Bertz CT molecular complexity index is 893. The molecule has 6 heteroatoms. The SMILES string of the molecule is C#Cc1cnc(-c2nnc(NC3CC(C)(O)C3)c3c2CCCC3)c(O)c1. The minimum absolute atomic E-state index is 0.0262. The van der Waals surface area contributed by atoms with Gasteiger partial charge >= 0.3 is 0 Å². The molecule has 6 nitrogen and oxygen atoms in total. The normalized spacial score (nSPS) is 24.3. The van der Waals surface area contributed by atoms with Gasteiger partial charge in [-0.3, -0.25) is 0 Å². The highest BCUT2D eigenvalue weighted by atomic mass is 16.3. The lowest BCUT2D eigenvalue weighted by Gasteiger charge is -2.41. The number of hydrogen-bond acceptors (Lipinski definition) is 6. The van der Waals surface area contributed by atoms with E-state index in [1.54, 1.807) is 6.20 Å². The number of aliphatic hydroxyl groups is 1. The third kappa shape index (κ3) is 2.99. The van der Waals surface area contributed by atoms with Crippen LogP contribution in [0.1, 0.15) is 49.3 Å². The number of fused-ring (bicyclic) bond motifs is 1. The molecular weight excluding hydrogens is 328 g/mol. The summed E-state index contributed by atoms with van der Waals surface area (Å²) in [5.74, 6) is 3.29. The fraction of sp³-hybridized carbons (Fsp3) is 0.450. The predicted octanol–water partition coefficient (Wildman–Crippen LogP) is 2.43. The average Bonchev–Trinajstić information content (AvgIpc) is 2.61. The fourth-order valence-corrected chi connectivity index (χ4v) is 3.97. The minimum atomic E-state index is -0.584. The van der Waals surface area contributed by atoms with Gasteiger partial charge in [0.2, 0.25) is 0 Å². The molecule has 2 aliphatic rings. The van der Waals surface area contributed by atoms with Crippen LogP contribution in [-0.2, 0) is 12.8 Å². The van der Waals surface area contributed by atoms with Gasteiger partial charge in [-0.15, -0.1) is 16.6 Å². The van der Waals surface area contributed by atoms with Crippen LogP contribution >= 0.6 is 0 Å². The number of aromatic nitrogens is 3. The molecule has 0 saturated heterocycles. The highest BCUT2D eigenvalue weighted by Gasteiger charge is 2.39. The standard InChI is InChI=1S/C20H22N4O2/c1-3-12-8-16(25)18(21-11-12)17-14-6-4-5-7-15(14)19(24-23-17)22-13-9-20(2,26)10-13/h1,8,11,13,25-26H,4-7,9-10H2,2H3,(H,22,24).